The van der Waals surface area contributed by atoms with Gasteiger partial charge in [-0.05, 0) is 47.9 Å². The number of nitrogens with one attached hydrogen (secondary N) is 1. The largest absolute Gasteiger partial charge is 0.381 e. The van der Waals surface area contributed by atoms with Gasteiger partial charge in [0.15, 0.2) is 0 Å². The second-order valence-corrected chi connectivity index (χ2v) is 9.04. The molecule has 4 heterocycles. The van der Waals surface area contributed by atoms with E-state index in [2.05, 4.69) is 44.9 Å². The zero-order valence-corrected chi connectivity index (χ0v) is 18.0. The monoisotopic (exact) mass is 435 g/mol. The van der Waals surface area contributed by atoms with Crippen LogP contribution in [0, 0.1) is 0 Å². The van der Waals surface area contributed by atoms with Crippen molar-refractivity contribution in [3.63, 3.8) is 0 Å². The maximum atomic E-state index is 12.8. The first-order chi connectivity index (χ1) is 14.8. The second-order valence-electron chi connectivity index (χ2n) is 7.41. The van der Waals surface area contributed by atoms with Gasteiger partial charge in [-0.25, -0.2) is 9.97 Å². The summed E-state index contributed by atoms with van der Waals surface area (Å²) in [6.07, 6.45) is 2.46. The Labute approximate surface area is 182 Å². The molecule has 0 radical (unpaired) electrons. The number of amides is 1. The van der Waals surface area contributed by atoms with Crippen LogP contribution in [0.5, 0.6) is 0 Å². The van der Waals surface area contributed by atoms with Crippen molar-refractivity contribution in [2.75, 3.05) is 13.2 Å². The molecule has 0 bridgehead atoms. The van der Waals surface area contributed by atoms with Gasteiger partial charge in [-0.3, -0.25) is 4.79 Å². The summed E-state index contributed by atoms with van der Waals surface area (Å²) in [5, 5.41) is 7.21. The van der Waals surface area contributed by atoms with Crippen LogP contribution < -0.4 is 5.32 Å². The van der Waals surface area contributed by atoms with Gasteiger partial charge in [0.25, 0.3) is 5.91 Å². The number of nitrogens with zero attached hydrogens (tertiary/aromatic N) is 2. The third-order valence-electron chi connectivity index (χ3n) is 5.35. The molecule has 1 N–H and O–H groups in total. The molecule has 5 rings (SSSR count). The van der Waals surface area contributed by atoms with Crippen LogP contribution in [0.1, 0.15) is 34.5 Å². The number of pyridine rings is 1. The Bertz CT molecular complexity index is 1150. The summed E-state index contributed by atoms with van der Waals surface area (Å²) >= 11 is 3.27. The van der Waals surface area contributed by atoms with Gasteiger partial charge in [0.2, 0.25) is 0 Å². The third kappa shape index (κ3) is 4.14. The second kappa shape index (κ2) is 8.63. The van der Waals surface area contributed by atoms with Gasteiger partial charge in [0, 0.05) is 30.2 Å². The van der Waals surface area contributed by atoms with Crippen molar-refractivity contribution in [1.29, 1.82) is 0 Å². The molecule has 7 heteroatoms. The molecule has 0 atom stereocenters. The van der Waals surface area contributed by atoms with Crippen molar-refractivity contribution in [2.24, 2.45) is 0 Å². The van der Waals surface area contributed by atoms with Crippen LogP contribution in [0.15, 0.2) is 52.7 Å². The van der Waals surface area contributed by atoms with Crippen LogP contribution in [0.3, 0.4) is 0 Å². The number of hydrogen-bond acceptors (Lipinski definition) is 6. The van der Waals surface area contributed by atoms with Crippen LogP contribution in [0.2, 0.25) is 0 Å². The number of fused-ring (bicyclic) bond motifs is 1. The molecule has 0 aliphatic carbocycles. The summed E-state index contributed by atoms with van der Waals surface area (Å²) in [6, 6.07) is 12.6. The van der Waals surface area contributed by atoms with Gasteiger partial charge >= 0.3 is 0 Å². The lowest BCUT2D eigenvalue weighted by Gasteiger charge is -2.23. The predicted molar refractivity (Wildman–Crippen MR) is 121 cm³/mol. The molecule has 5 nitrogen and oxygen atoms in total. The van der Waals surface area contributed by atoms with Crippen molar-refractivity contribution >= 4 is 38.8 Å². The van der Waals surface area contributed by atoms with Crippen molar-refractivity contribution in [3.8, 4) is 11.3 Å². The van der Waals surface area contributed by atoms with Crippen molar-refractivity contribution < 1.29 is 9.53 Å². The Balaban J connectivity index is 1.39. The molecule has 3 aromatic heterocycles. The summed E-state index contributed by atoms with van der Waals surface area (Å²) in [4.78, 5) is 21.8. The molecule has 4 aromatic rings. The van der Waals surface area contributed by atoms with E-state index in [1.54, 1.807) is 22.7 Å². The Morgan fingerprint density at radius 2 is 2.00 bits per heavy atom. The quantitative estimate of drug-likeness (QED) is 0.483. The van der Waals surface area contributed by atoms with E-state index in [0.29, 0.717) is 18.9 Å². The average molecular weight is 436 g/mol. The smallest absolute Gasteiger partial charge is 0.270 e. The number of rotatable bonds is 5. The van der Waals surface area contributed by atoms with Gasteiger partial charge in [-0.15, -0.1) is 22.7 Å². The average Bonchev–Trinajstić information content (AvgIpc) is 3.47. The van der Waals surface area contributed by atoms with Gasteiger partial charge in [0.1, 0.15) is 5.69 Å². The highest BCUT2D eigenvalue weighted by Gasteiger charge is 2.19. The van der Waals surface area contributed by atoms with E-state index in [-0.39, 0.29) is 11.9 Å². The van der Waals surface area contributed by atoms with Crippen molar-refractivity contribution in [3.05, 3.63) is 69.5 Å². The van der Waals surface area contributed by atoms with Gasteiger partial charge in [0.05, 0.1) is 21.4 Å². The van der Waals surface area contributed by atoms with Crippen molar-refractivity contribution in [1.82, 2.24) is 15.3 Å². The number of aromatic nitrogens is 2. The Hall–Kier alpha value is -2.61. The molecule has 1 amide bonds. The van der Waals surface area contributed by atoms with E-state index in [0.717, 1.165) is 46.3 Å². The molecule has 1 aromatic carbocycles. The Morgan fingerprint density at radius 1 is 1.17 bits per heavy atom. The third-order valence-corrected chi connectivity index (χ3v) is 6.92. The fourth-order valence-corrected chi connectivity index (χ4v) is 5.15. The minimum atomic E-state index is -0.102. The standard InChI is InChI=1S/C23H21N3O2S2/c27-23(25-18-5-8-28-9-6-18)20-12-17(22-19(26-20)7-10-30-22)11-15-1-3-16(4-2-15)21-13-29-14-24-21/h1-4,7,10,12-14,18H,5-6,8-9,11H2,(H,25,27). The molecular formula is C23H21N3O2S2. The summed E-state index contributed by atoms with van der Waals surface area (Å²) in [6.45, 7) is 1.40. The van der Waals surface area contributed by atoms with Gasteiger partial charge in [-0.1, -0.05) is 24.3 Å². The molecule has 30 heavy (non-hydrogen) atoms. The zero-order chi connectivity index (χ0) is 20.3. The number of carbonyl (C=O) groups excluding carboxylic acids is 1. The summed E-state index contributed by atoms with van der Waals surface area (Å²) in [7, 11) is 0. The van der Waals surface area contributed by atoms with Gasteiger partial charge in [-0.2, -0.15) is 0 Å². The number of benzene rings is 1. The first kappa shape index (κ1) is 19.4. The van der Waals surface area contributed by atoms with Crippen molar-refractivity contribution in [2.45, 2.75) is 25.3 Å². The lowest BCUT2D eigenvalue weighted by molar-refractivity contribution is 0.0694. The van der Waals surface area contributed by atoms with E-state index in [1.807, 2.05) is 23.0 Å². The minimum absolute atomic E-state index is 0.102. The number of ether oxygens (including phenoxy) is 1. The maximum Gasteiger partial charge on any atom is 0.270 e. The summed E-state index contributed by atoms with van der Waals surface area (Å²) < 4.78 is 6.52. The fourth-order valence-electron chi connectivity index (χ4n) is 3.74. The van der Waals surface area contributed by atoms with Crippen LogP contribution in [-0.4, -0.2) is 35.1 Å². The number of thiazole rings is 1. The lowest BCUT2D eigenvalue weighted by atomic mass is 10.0. The predicted octanol–water partition coefficient (Wildman–Crippen LogP) is 4.92. The van der Waals surface area contributed by atoms with E-state index < -0.39 is 0 Å². The molecule has 152 valence electrons. The highest BCUT2D eigenvalue weighted by molar-refractivity contribution is 7.17. The highest BCUT2D eigenvalue weighted by Crippen LogP contribution is 2.27. The molecule has 0 saturated carbocycles. The van der Waals surface area contributed by atoms with E-state index in [1.165, 1.54) is 5.56 Å². The minimum Gasteiger partial charge on any atom is -0.381 e. The molecule has 1 saturated heterocycles. The van der Waals surface area contributed by atoms with E-state index in [4.69, 9.17) is 4.74 Å². The fraction of sp³-hybridized carbons (Fsp3) is 0.261. The number of carbonyl (C=O) groups is 1. The summed E-state index contributed by atoms with van der Waals surface area (Å²) in [5.41, 5.74) is 7.67. The number of hydrogen-bond donors (Lipinski definition) is 1. The first-order valence-electron chi connectivity index (χ1n) is 9.99. The molecular weight excluding hydrogens is 414 g/mol. The van der Waals surface area contributed by atoms with Gasteiger partial charge < -0.3 is 10.1 Å². The van der Waals surface area contributed by atoms with Crippen LogP contribution in [-0.2, 0) is 11.2 Å². The molecule has 1 fully saturated rings. The first-order valence-corrected chi connectivity index (χ1v) is 11.8. The van der Waals surface area contributed by atoms with Crippen LogP contribution >= 0.6 is 22.7 Å². The highest BCUT2D eigenvalue weighted by atomic mass is 32.1. The van der Waals surface area contributed by atoms with Crippen LogP contribution in [0.25, 0.3) is 21.5 Å². The zero-order valence-electron chi connectivity index (χ0n) is 16.3. The number of thiophene rings is 1. The molecule has 1 aliphatic heterocycles. The molecule has 1 aliphatic rings. The van der Waals surface area contributed by atoms with E-state index in [9.17, 15) is 4.79 Å². The lowest BCUT2D eigenvalue weighted by Crippen LogP contribution is -2.39. The Morgan fingerprint density at radius 3 is 2.77 bits per heavy atom. The molecule has 0 spiro atoms. The maximum absolute atomic E-state index is 12.8. The normalized spacial score (nSPS) is 14.8. The molecule has 0 unspecified atom stereocenters. The van der Waals surface area contributed by atoms with E-state index >= 15 is 0 Å². The SMILES string of the molecule is O=C(NC1CCOCC1)c1cc(Cc2ccc(-c3cscn3)cc2)c2sccc2n1. The topological polar surface area (TPSA) is 64.1 Å². The Kier molecular flexibility index (Phi) is 5.57. The van der Waals surface area contributed by atoms with Crippen LogP contribution in [0.4, 0.5) is 0 Å². The summed E-state index contributed by atoms with van der Waals surface area (Å²) in [5.74, 6) is -0.102.